The monoisotopic (exact) mass is 993 g/mol. The van der Waals surface area contributed by atoms with Crippen molar-refractivity contribution in [2.24, 2.45) is 0 Å². The lowest BCUT2D eigenvalue weighted by Crippen LogP contribution is -2.61. The molecule has 0 radical (unpaired) electrons. The number of aliphatic hydroxyl groups is 4. The van der Waals surface area contributed by atoms with Gasteiger partial charge in [-0.1, -0.05) is 233 Å². The van der Waals surface area contributed by atoms with E-state index >= 15 is 0 Å². The van der Waals surface area contributed by atoms with E-state index in [-0.39, 0.29) is 11.8 Å². The zero-order chi connectivity index (χ0) is 51.1. The summed E-state index contributed by atoms with van der Waals surface area (Å²) in [6, 6.07) is -1.09. The molecule has 0 aromatic rings. The fourth-order valence-corrected chi connectivity index (χ4v) is 10.6. The summed E-state index contributed by atoms with van der Waals surface area (Å²) in [5.41, 5.74) is 0. The van der Waals surface area contributed by atoms with Gasteiger partial charge in [-0.25, -0.2) is 0 Å². The summed E-state index contributed by atoms with van der Waals surface area (Å²) in [5, 5.41) is 50.3. The highest BCUT2D eigenvalue weighted by atomic mass is 16.3. The van der Waals surface area contributed by atoms with Crippen LogP contribution in [0.1, 0.15) is 297 Å². The second kappa shape index (κ2) is 48.6. The van der Waals surface area contributed by atoms with Crippen molar-refractivity contribution >= 4 is 11.8 Å². The molecule has 6 N–H and O–H groups in total. The normalized spacial score (nSPS) is 17.1. The van der Waals surface area contributed by atoms with E-state index in [2.05, 4.69) is 48.1 Å². The number of unbranched alkanes of at least 4 members (excludes halogenated alkanes) is 30. The van der Waals surface area contributed by atoms with Crippen LogP contribution in [0.15, 0.2) is 0 Å². The van der Waals surface area contributed by atoms with Gasteiger partial charge in [-0.15, -0.1) is 0 Å². The average molecular weight is 994 g/mol. The molecule has 0 saturated carbocycles. The topological polar surface area (TPSA) is 146 Å². The van der Waals surface area contributed by atoms with Crippen LogP contribution in [0, 0.1) is 0 Å². The predicted octanol–water partition coefficient (Wildman–Crippen LogP) is 13.5. The molecule has 1 aliphatic rings. The molecule has 10 nitrogen and oxygen atoms in total. The van der Waals surface area contributed by atoms with Gasteiger partial charge in [-0.05, 0) is 77.3 Å². The summed E-state index contributed by atoms with van der Waals surface area (Å²) >= 11 is 0. The molecule has 0 aliphatic carbocycles. The van der Waals surface area contributed by atoms with Crippen LogP contribution in [-0.2, 0) is 9.59 Å². The van der Waals surface area contributed by atoms with E-state index in [1.54, 1.807) is 0 Å². The lowest BCUT2D eigenvalue weighted by atomic mass is 10.0. The molecule has 0 unspecified atom stereocenters. The number of nitrogens with one attached hydrogen (secondary N) is 2. The van der Waals surface area contributed by atoms with Crippen LogP contribution in [0.25, 0.3) is 0 Å². The third kappa shape index (κ3) is 40.1. The van der Waals surface area contributed by atoms with E-state index in [1.807, 2.05) is 0 Å². The standard InChI is InChI=1S/C60H120N4O6/c1-5-9-13-17-21-25-29-33-41-53(65)49-63(50-54(66)42-34-30-26-22-18-14-10-6-2)47-39-37-45-57-59(69)62-58(60(70)61-57)46-38-40-48-64(51-55(67)43-35-31-27-23-19-15-11-7-3)52-56(68)44-36-32-28-24-20-16-12-8-4/h53-58,65-68H,5-52H2,1-4H3,(H,61,70)(H,62,69)/t53-,54-,55-,56-,57+,58+/m1/s1. The number of piperazine rings is 1. The first-order valence-corrected chi connectivity index (χ1v) is 30.9. The van der Waals surface area contributed by atoms with Crippen molar-refractivity contribution in [3.8, 4) is 0 Å². The minimum Gasteiger partial charge on any atom is -0.392 e. The summed E-state index contributed by atoms with van der Waals surface area (Å²) in [5.74, 6) is -0.226. The van der Waals surface area contributed by atoms with E-state index in [1.165, 1.54) is 154 Å². The Labute approximate surface area is 433 Å². The first-order valence-electron chi connectivity index (χ1n) is 30.9. The molecule has 10 heteroatoms. The smallest absolute Gasteiger partial charge is 0.243 e. The Balaban J connectivity index is 2.60. The molecule has 1 saturated heterocycles. The lowest BCUT2D eigenvalue weighted by Gasteiger charge is -2.31. The molecule has 1 heterocycles. The molecule has 0 bridgehead atoms. The number of carbonyl (C=O) groups is 2. The molecule has 70 heavy (non-hydrogen) atoms. The highest BCUT2D eigenvalue weighted by molar-refractivity contribution is 5.96. The zero-order valence-corrected chi connectivity index (χ0v) is 46.9. The summed E-state index contributed by atoms with van der Waals surface area (Å²) in [7, 11) is 0. The largest absolute Gasteiger partial charge is 0.392 e. The molecule has 0 spiro atoms. The highest BCUT2D eigenvalue weighted by Gasteiger charge is 2.33. The van der Waals surface area contributed by atoms with Crippen LogP contribution in [0.3, 0.4) is 0 Å². The maximum Gasteiger partial charge on any atom is 0.243 e. The van der Waals surface area contributed by atoms with Gasteiger partial charge in [0, 0.05) is 26.2 Å². The van der Waals surface area contributed by atoms with Gasteiger partial charge in [0.25, 0.3) is 0 Å². The molecule has 416 valence electrons. The molecule has 1 aliphatic heterocycles. The average Bonchev–Trinajstić information content (AvgIpc) is 3.33. The van der Waals surface area contributed by atoms with Crippen molar-refractivity contribution in [1.82, 2.24) is 20.4 Å². The van der Waals surface area contributed by atoms with Gasteiger partial charge in [0.2, 0.25) is 11.8 Å². The molecule has 0 aromatic carbocycles. The van der Waals surface area contributed by atoms with Gasteiger partial charge in [0.05, 0.1) is 24.4 Å². The molecule has 6 atom stereocenters. The van der Waals surface area contributed by atoms with E-state index in [0.29, 0.717) is 39.0 Å². The van der Waals surface area contributed by atoms with Crippen molar-refractivity contribution < 1.29 is 30.0 Å². The minimum atomic E-state index is -0.544. The summed E-state index contributed by atoms with van der Waals surface area (Å²) < 4.78 is 0. The quantitative estimate of drug-likeness (QED) is 0.0331. The van der Waals surface area contributed by atoms with Crippen molar-refractivity contribution in [3.05, 3.63) is 0 Å². The summed E-state index contributed by atoms with van der Waals surface area (Å²) in [6.07, 6.45) is 45.6. The summed E-state index contributed by atoms with van der Waals surface area (Å²) in [6.45, 7) is 12.7. The van der Waals surface area contributed by atoms with E-state index < -0.39 is 36.5 Å². The van der Waals surface area contributed by atoms with E-state index in [4.69, 9.17) is 0 Å². The minimum absolute atomic E-state index is 0.113. The van der Waals surface area contributed by atoms with Gasteiger partial charge in [0.1, 0.15) is 12.1 Å². The number of amides is 2. The number of hydrogen-bond donors (Lipinski definition) is 6. The Bertz CT molecular complexity index is 1010. The van der Waals surface area contributed by atoms with Crippen LogP contribution in [0.4, 0.5) is 0 Å². The number of carbonyl (C=O) groups excluding carboxylic acids is 2. The van der Waals surface area contributed by atoms with Gasteiger partial charge in [0.15, 0.2) is 0 Å². The fraction of sp³-hybridized carbons (Fsp3) is 0.967. The Kier molecular flexibility index (Phi) is 46.3. The van der Waals surface area contributed by atoms with Crippen LogP contribution < -0.4 is 10.6 Å². The molecule has 1 rings (SSSR count). The second-order valence-corrected chi connectivity index (χ2v) is 22.3. The number of aliphatic hydroxyl groups excluding tert-OH is 4. The maximum absolute atomic E-state index is 13.3. The lowest BCUT2D eigenvalue weighted by molar-refractivity contribution is -0.137. The van der Waals surface area contributed by atoms with Crippen molar-refractivity contribution in [1.29, 1.82) is 0 Å². The van der Waals surface area contributed by atoms with Crippen LogP contribution in [0.5, 0.6) is 0 Å². The third-order valence-electron chi connectivity index (χ3n) is 15.1. The van der Waals surface area contributed by atoms with Gasteiger partial charge in [-0.3, -0.25) is 19.4 Å². The molecular formula is C60H120N4O6. The predicted molar refractivity (Wildman–Crippen MR) is 297 cm³/mol. The highest BCUT2D eigenvalue weighted by Crippen LogP contribution is 2.18. The number of nitrogens with zero attached hydrogens (tertiary/aromatic N) is 2. The van der Waals surface area contributed by atoms with E-state index in [9.17, 15) is 30.0 Å². The second-order valence-electron chi connectivity index (χ2n) is 22.3. The first-order chi connectivity index (χ1) is 34.1. The fourth-order valence-electron chi connectivity index (χ4n) is 10.6. The SMILES string of the molecule is CCCCCCCCCC[C@@H](O)CN(CCCC[C@@H]1NC(=O)[C@H](CCCCN(C[C@H](O)CCCCCCCCCC)C[C@H](O)CCCCCCCCCC)NC1=O)C[C@H](O)CCCCCCCCCC. The Hall–Kier alpha value is -1.30. The van der Waals surface area contributed by atoms with Gasteiger partial charge in [-0.2, -0.15) is 0 Å². The van der Waals surface area contributed by atoms with Crippen molar-refractivity contribution in [3.63, 3.8) is 0 Å². The van der Waals surface area contributed by atoms with E-state index in [0.717, 1.165) is 116 Å². The van der Waals surface area contributed by atoms with Crippen molar-refractivity contribution in [2.45, 2.75) is 334 Å². The number of rotatable bonds is 54. The van der Waals surface area contributed by atoms with Crippen LogP contribution in [0.2, 0.25) is 0 Å². The van der Waals surface area contributed by atoms with Gasteiger partial charge >= 0.3 is 0 Å². The Morgan fingerprint density at radius 3 is 0.771 bits per heavy atom. The Morgan fingerprint density at radius 1 is 0.329 bits per heavy atom. The van der Waals surface area contributed by atoms with Gasteiger partial charge < -0.3 is 31.1 Å². The molecular weight excluding hydrogens is 873 g/mol. The molecule has 2 amide bonds. The van der Waals surface area contributed by atoms with Crippen LogP contribution >= 0.6 is 0 Å². The maximum atomic E-state index is 13.3. The third-order valence-corrected chi connectivity index (χ3v) is 15.1. The summed E-state index contributed by atoms with van der Waals surface area (Å²) in [4.78, 5) is 31.0. The van der Waals surface area contributed by atoms with Crippen LogP contribution in [-0.4, -0.2) is 118 Å². The zero-order valence-electron chi connectivity index (χ0n) is 46.9. The number of hydrogen-bond acceptors (Lipinski definition) is 8. The molecule has 0 aromatic heterocycles. The first kappa shape index (κ1) is 66.7. The Morgan fingerprint density at radius 2 is 0.543 bits per heavy atom. The van der Waals surface area contributed by atoms with Crippen molar-refractivity contribution in [2.75, 3.05) is 39.3 Å². The molecule has 1 fully saturated rings.